The second kappa shape index (κ2) is 4.03. The lowest BCUT2D eigenvalue weighted by molar-refractivity contribution is 0.233. The molecule has 0 spiro atoms. The summed E-state index contributed by atoms with van der Waals surface area (Å²) >= 11 is 1.49. The van der Waals surface area contributed by atoms with Crippen molar-refractivity contribution >= 4 is 28.3 Å². The van der Waals surface area contributed by atoms with Crippen LogP contribution in [0, 0.1) is 9.39 Å². The molecule has 0 fully saturated rings. The Kier molecular flexibility index (Phi) is 3.23. The Morgan fingerprint density at radius 1 is 1.38 bits per heavy atom. The molecule has 0 bridgehead atoms. The maximum Gasteiger partial charge on any atom is 0.180 e. The molecule has 0 aliphatic heterocycles. The Labute approximate surface area is 86.3 Å². The van der Waals surface area contributed by atoms with Crippen molar-refractivity contribution in [2.75, 3.05) is 12.5 Å². The first kappa shape index (κ1) is 10.4. The number of hydrogen-bond acceptors (Lipinski definition) is 2. The molecule has 0 amide bonds. The molecule has 0 unspecified atom stereocenters. The third-order valence-electron chi connectivity index (χ3n) is 1.43. The maximum atomic E-state index is 13.1. The van der Waals surface area contributed by atoms with Crippen molar-refractivity contribution in [1.82, 2.24) is 0 Å². The Bertz CT molecular complexity index is 319. The molecule has 0 saturated carbocycles. The second-order valence-corrected chi connectivity index (χ2v) is 3.23. The number of anilines is 1. The van der Waals surface area contributed by atoms with E-state index < -0.39 is 16.8 Å². The van der Waals surface area contributed by atoms with Gasteiger partial charge in [0.1, 0.15) is 5.69 Å². The summed E-state index contributed by atoms with van der Waals surface area (Å²) in [6, 6.07) is 2.24. The van der Waals surface area contributed by atoms with Crippen LogP contribution in [0.2, 0.25) is 0 Å². The lowest BCUT2D eigenvalue weighted by atomic mass is 10.3. The van der Waals surface area contributed by atoms with E-state index in [1.54, 1.807) is 0 Å². The summed E-state index contributed by atoms with van der Waals surface area (Å²) in [5.74, 6) is -0.823. The van der Waals surface area contributed by atoms with Crippen molar-refractivity contribution in [3.8, 4) is 5.75 Å². The van der Waals surface area contributed by atoms with Gasteiger partial charge in [0, 0.05) is 0 Å². The van der Waals surface area contributed by atoms with Crippen LogP contribution in [0.4, 0.5) is 19.0 Å². The summed E-state index contributed by atoms with van der Waals surface area (Å²) in [4.78, 5) is 0. The number of halogens is 4. The summed E-state index contributed by atoms with van der Waals surface area (Å²) in [7, 11) is 1.27. The molecule has 0 saturated heterocycles. The quantitative estimate of drug-likeness (QED) is 0.615. The van der Waals surface area contributed by atoms with Crippen molar-refractivity contribution < 1.29 is 18.1 Å². The molecule has 0 N–H and O–H groups in total. The average molecular weight is 303 g/mol. The van der Waals surface area contributed by atoms with E-state index in [1.807, 2.05) is 0 Å². The van der Waals surface area contributed by atoms with Gasteiger partial charge in [-0.05, 0) is 40.1 Å². The van der Waals surface area contributed by atoms with Crippen LogP contribution in [-0.4, -0.2) is 7.11 Å². The highest BCUT2D eigenvalue weighted by Crippen LogP contribution is 2.31. The first-order chi connectivity index (χ1) is 6.07. The highest BCUT2D eigenvalue weighted by molar-refractivity contribution is 14.1. The predicted octanol–water partition coefficient (Wildman–Crippen LogP) is 3.01. The van der Waals surface area contributed by atoms with E-state index in [1.165, 1.54) is 29.7 Å². The van der Waals surface area contributed by atoms with Gasteiger partial charge in [0.2, 0.25) is 0 Å². The Morgan fingerprint density at radius 3 is 2.46 bits per heavy atom. The molecule has 0 aliphatic rings. The molecule has 6 heteroatoms. The van der Waals surface area contributed by atoms with Gasteiger partial charge in [-0.3, -0.25) is 0 Å². The van der Waals surface area contributed by atoms with E-state index in [0.29, 0.717) is 0 Å². The smallest absolute Gasteiger partial charge is 0.180 e. The highest BCUT2D eigenvalue weighted by atomic mass is 127. The third-order valence-corrected chi connectivity index (χ3v) is 2.45. The van der Waals surface area contributed by atoms with E-state index in [2.05, 4.69) is 4.74 Å². The van der Waals surface area contributed by atoms with Crippen LogP contribution in [0.15, 0.2) is 12.1 Å². The molecule has 0 aliphatic carbocycles. The van der Waals surface area contributed by atoms with Crippen molar-refractivity contribution in [3.05, 3.63) is 21.5 Å². The van der Waals surface area contributed by atoms with Gasteiger partial charge in [0.25, 0.3) is 0 Å². The van der Waals surface area contributed by atoms with E-state index >= 15 is 0 Å². The fourth-order valence-electron chi connectivity index (χ4n) is 0.810. The molecule has 1 rings (SSSR count). The van der Waals surface area contributed by atoms with E-state index in [-0.39, 0.29) is 9.32 Å². The lowest BCUT2D eigenvalue weighted by Gasteiger charge is -2.08. The number of ether oxygens (including phenoxy) is 1. The van der Waals surface area contributed by atoms with E-state index in [9.17, 15) is 13.4 Å². The maximum absolute atomic E-state index is 13.1. The largest absolute Gasteiger partial charge is 0.494 e. The Balaban J connectivity index is 3.23. The minimum atomic E-state index is -1.13. The summed E-state index contributed by atoms with van der Waals surface area (Å²) in [6.45, 7) is 0. The monoisotopic (exact) mass is 303 g/mol. The highest BCUT2D eigenvalue weighted by Gasteiger charge is 2.16. The molecule has 0 aromatic heterocycles. The lowest BCUT2D eigenvalue weighted by Crippen LogP contribution is -2.01. The number of methoxy groups -OCH3 is 1. The summed E-state index contributed by atoms with van der Waals surface area (Å²) in [6.07, 6.45) is 0. The Morgan fingerprint density at radius 2 is 2.00 bits per heavy atom. The van der Waals surface area contributed by atoms with Gasteiger partial charge in [0.15, 0.2) is 11.6 Å². The standard InChI is InChI=1S/C7H5F3INO/c1-13-5-3-2-4(12(9)10)7(11)6(5)8/h2-3H,1H3. The molecule has 0 heterocycles. The topological polar surface area (TPSA) is 12.5 Å². The zero-order valence-corrected chi connectivity index (χ0v) is 8.68. The van der Waals surface area contributed by atoms with Crippen LogP contribution < -0.4 is 10.1 Å². The van der Waals surface area contributed by atoms with Crippen molar-refractivity contribution in [2.24, 2.45) is 0 Å². The summed E-state index contributed by atoms with van der Waals surface area (Å²) in [5.41, 5.74) is -0.473. The zero-order chi connectivity index (χ0) is 10.0. The minimum Gasteiger partial charge on any atom is -0.494 e. The van der Waals surface area contributed by atoms with Gasteiger partial charge in [-0.25, -0.2) is 4.39 Å². The van der Waals surface area contributed by atoms with Gasteiger partial charge in [-0.1, -0.05) is 8.96 Å². The van der Waals surface area contributed by atoms with Crippen LogP contribution in [0.1, 0.15) is 0 Å². The van der Waals surface area contributed by atoms with Gasteiger partial charge < -0.3 is 4.74 Å². The van der Waals surface area contributed by atoms with Gasteiger partial charge in [-0.2, -0.15) is 0 Å². The van der Waals surface area contributed by atoms with Gasteiger partial charge >= 0.3 is 0 Å². The van der Waals surface area contributed by atoms with Crippen LogP contribution in [-0.2, 0) is 0 Å². The number of rotatable bonds is 2. The van der Waals surface area contributed by atoms with E-state index in [4.69, 9.17) is 0 Å². The molecule has 13 heavy (non-hydrogen) atoms. The van der Waals surface area contributed by atoms with Crippen LogP contribution in [0.5, 0.6) is 5.75 Å². The fourth-order valence-corrected chi connectivity index (χ4v) is 1.44. The van der Waals surface area contributed by atoms with Crippen molar-refractivity contribution in [3.63, 3.8) is 0 Å². The van der Waals surface area contributed by atoms with Crippen molar-refractivity contribution in [1.29, 1.82) is 0 Å². The summed E-state index contributed by atoms with van der Waals surface area (Å²) in [5, 5.41) is -1.13. The molecule has 72 valence electrons. The SMILES string of the molecule is COc1ccc(N(F)F)c(I)c1F. The zero-order valence-electron chi connectivity index (χ0n) is 6.52. The Hall–Kier alpha value is -0.660. The van der Waals surface area contributed by atoms with Crippen LogP contribution >= 0.6 is 22.6 Å². The third kappa shape index (κ3) is 1.98. The number of benzene rings is 1. The fraction of sp³-hybridized carbons (Fsp3) is 0.143. The van der Waals surface area contributed by atoms with Gasteiger partial charge in [-0.15, -0.1) is 0 Å². The molecular weight excluding hydrogens is 298 g/mol. The molecule has 1 aromatic rings. The number of nitrogens with zero attached hydrogens (tertiary/aromatic N) is 1. The first-order valence-electron chi connectivity index (χ1n) is 3.21. The molecule has 1 aromatic carbocycles. The average Bonchev–Trinajstić information content (AvgIpc) is 2.09. The van der Waals surface area contributed by atoms with Crippen LogP contribution in [0.25, 0.3) is 0 Å². The normalized spacial score (nSPS) is 9.92. The summed E-state index contributed by atoms with van der Waals surface area (Å²) < 4.78 is 41.7. The predicted molar refractivity (Wildman–Crippen MR) is 50.4 cm³/mol. The second-order valence-electron chi connectivity index (χ2n) is 2.15. The molecule has 0 radical (unpaired) electrons. The molecule has 2 nitrogen and oxygen atoms in total. The molecule has 0 atom stereocenters. The van der Waals surface area contributed by atoms with Crippen LogP contribution in [0.3, 0.4) is 0 Å². The van der Waals surface area contributed by atoms with Gasteiger partial charge in [0.05, 0.1) is 10.7 Å². The first-order valence-corrected chi connectivity index (χ1v) is 4.29. The van der Waals surface area contributed by atoms with E-state index in [0.717, 1.165) is 12.1 Å². The number of hydrogen-bond donors (Lipinski definition) is 0. The van der Waals surface area contributed by atoms with Crippen molar-refractivity contribution in [2.45, 2.75) is 0 Å². The minimum absolute atomic E-state index is 0.0463. The molecular formula is C7H5F3INO.